The van der Waals surface area contributed by atoms with Gasteiger partial charge in [-0.25, -0.2) is 8.42 Å². The van der Waals surface area contributed by atoms with Crippen LogP contribution < -0.4 is 4.18 Å². The lowest BCUT2D eigenvalue weighted by Crippen LogP contribution is -2.07. The Morgan fingerprint density at radius 3 is 2.42 bits per heavy atom. The minimum Gasteiger partial charge on any atom is -0.716 e. The average molecular weight is 187 g/mol. The lowest BCUT2D eigenvalue weighted by molar-refractivity contribution is 0.371. The first-order valence-corrected chi connectivity index (χ1v) is 4.53. The topological polar surface area (TPSA) is 66.4 Å². The molecule has 0 bridgehead atoms. The third-order valence-corrected chi connectivity index (χ3v) is 1.67. The summed E-state index contributed by atoms with van der Waals surface area (Å²) < 4.78 is 34.7. The van der Waals surface area contributed by atoms with E-state index in [9.17, 15) is 13.0 Å². The summed E-state index contributed by atoms with van der Waals surface area (Å²) in [5.74, 6) is 0.0764. The molecule has 0 unspecified atom stereocenters. The maximum atomic E-state index is 10.2. The van der Waals surface area contributed by atoms with Crippen molar-refractivity contribution in [1.82, 2.24) is 0 Å². The SMILES string of the molecule is Cc1ccccc1OS(=O)(=O)[O-]. The number of rotatable bonds is 2. The van der Waals surface area contributed by atoms with E-state index in [1.165, 1.54) is 6.07 Å². The van der Waals surface area contributed by atoms with Crippen molar-refractivity contribution in [2.75, 3.05) is 0 Å². The summed E-state index contributed by atoms with van der Waals surface area (Å²) in [6, 6.07) is 6.39. The maximum absolute atomic E-state index is 10.2. The lowest BCUT2D eigenvalue weighted by Gasteiger charge is -2.10. The van der Waals surface area contributed by atoms with Crippen LogP contribution in [0.4, 0.5) is 0 Å². The predicted molar refractivity (Wildman–Crippen MR) is 41.5 cm³/mol. The number of hydrogen-bond acceptors (Lipinski definition) is 4. The molecule has 5 heteroatoms. The van der Waals surface area contributed by atoms with Gasteiger partial charge in [0.25, 0.3) is 10.4 Å². The first kappa shape index (κ1) is 9.02. The zero-order valence-electron chi connectivity index (χ0n) is 6.35. The van der Waals surface area contributed by atoms with Crippen LogP contribution in [0.25, 0.3) is 0 Å². The van der Waals surface area contributed by atoms with Crippen LogP contribution in [0.15, 0.2) is 24.3 Å². The predicted octanol–water partition coefficient (Wildman–Crippen LogP) is 0.834. The molecule has 12 heavy (non-hydrogen) atoms. The van der Waals surface area contributed by atoms with Crippen LogP contribution >= 0.6 is 0 Å². The van der Waals surface area contributed by atoms with Crippen molar-refractivity contribution in [1.29, 1.82) is 0 Å². The van der Waals surface area contributed by atoms with Gasteiger partial charge in [-0.15, -0.1) is 0 Å². The number of benzene rings is 1. The first-order chi connectivity index (χ1) is 5.49. The molecule has 1 rings (SSSR count). The van der Waals surface area contributed by atoms with E-state index in [0.29, 0.717) is 5.56 Å². The van der Waals surface area contributed by atoms with Gasteiger partial charge >= 0.3 is 0 Å². The smallest absolute Gasteiger partial charge is 0.262 e. The van der Waals surface area contributed by atoms with E-state index < -0.39 is 10.4 Å². The van der Waals surface area contributed by atoms with Crippen molar-refractivity contribution in [2.45, 2.75) is 6.92 Å². The third kappa shape index (κ3) is 2.52. The molecule has 0 aliphatic heterocycles. The Morgan fingerprint density at radius 1 is 1.33 bits per heavy atom. The molecule has 1 aromatic rings. The Kier molecular flexibility index (Phi) is 2.35. The second-order valence-electron chi connectivity index (χ2n) is 2.26. The van der Waals surface area contributed by atoms with Gasteiger partial charge in [0.15, 0.2) is 0 Å². The molecular formula is C7H7O4S-. The van der Waals surface area contributed by atoms with Crippen molar-refractivity contribution in [3.8, 4) is 5.75 Å². The van der Waals surface area contributed by atoms with Gasteiger partial charge in [-0.1, -0.05) is 18.2 Å². The molecule has 0 aromatic heterocycles. The summed E-state index contributed by atoms with van der Waals surface area (Å²) in [7, 11) is -4.65. The molecular weight excluding hydrogens is 180 g/mol. The van der Waals surface area contributed by atoms with Gasteiger partial charge in [-0.2, -0.15) is 0 Å². The normalized spacial score (nSPS) is 11.2. The van der Waals surface area contributed by atoms with Crippen molar-refractivity contribution < 1.29 is 17.2 Å². The van der Waals surface area contributed by atoms with Crippen LogP contribution in [0.2, 0.25) is 0 Å². The molecule has 0 heterocycles. The summed E-state index contributed by atoms with van der Waals surface area (Å²) in [4.78, 5) is 0. The van der Waals surface area contributed by atoms with E-state index in [4.69, 9.17) is 0 Å². The largest absolute Gasteiger partial charge is 0.716 e. The molecule has 0 spiro atoms. The van der Waals surface area contributed by atoms with Crippen molar-refractivity contribution >= 4 is 10.4 Å². The fourth-order valence-electron chi connectivity index (χ4n) is 0.760. The average Bonchev–Trinajstić information content (AvgIpc) is 1.91. The number of hydrogen-bond donors (Lipinski definition) is 0. The Labute approximate surface area is 70.7 Å². The van der Waals surface area contributed by atoms with Crippen LogP contribution in [0.1, 0.15) is 5.56 Å². The van der Waals surface area contributed by atoms with Gasteiger partial charge in [0, 0.05) is 0 Å². The van der Waals surface area contributed by atoms with Crippen LogP contribution in [-0.2, 0) is 10.4 Å². The fourth-order valence-corrected chi connectivity index (χ4v) is 1.17. The zero-order valence-corrected chi connectivity index (χ0v) is 7.17. The van der Waals surface area contributed by atoms with Crippen LogP contribution in [0, 0.1) is 6.92 Å². The van der Waals surface area contributed by atoms with Gasteiger partial charge in [-0.05, 0) is 18.6 Å². The zero-order chi connectivity index (χ0) is 9.19. The van der Waals surface area contributed by atoms with Gasteiger partial charge in [-0.3, -0.25) is 0 Å². The van der Waals surface area contributed by atoms with Crippen LogP contribution in [0.5, 0.6) is 5.75 Å². The van der Waals surface area contributed by atoms with Gasteiger partial charge in [0.05, 0.1) is 0 Å². The molecule has 66 valence electrons. The van der Waals surface area contributed by atoms with Crippen molar-refractivity contribution in [3.05, 3.63) is 29.8 Å². The molecule has 1 aromatic carbocycles. The van der Waals surface area contributed by atoms with Gasteiger partial charge in [0.1, 0.15) is 5.75 Å². The van der Waals surface area contributed by atoms with Gasteiger partial charge < -0.3 is 8.74 Å². The van der Waals surface area contributed by atoms with E-state index in [1.54, 1.807) is 25.1 Å². The quantitative estimate of drug-likeness (QED) is 0.508. The standard InChI is InChI=1S/C7H8O4S/c1-6-4-2-3-5-7(6)11-12(8,9)10/h2-5H,1H3,(H,8,9,10)/p-1. The first-order valence-electron chi connectivity index (χ1n) is 3.20. The maximum Gasteiger partial charge on any atom is 0.262 e. The number of para-hydroxylation sites is 1. The third-order valence-electron chi connectivity index (χ3n) is 1.29. The van der Waals surface area contributed by atoms with E-state index in [-0.39, 0.29) is 5.75 Å². The Bertz CT molecular complexity index is 369. The summed E-state index contributed by atoms with van der Waals surface area (Å²) in [6.07, 6.45) is 0. The summed E-state index contributed by atoms with van der Waals surface area (Å²) >= 11 is 0. The lowest BCUT2D eigenvalue weighted by atomic mass is 10.2. The molecule has 0 aliphatic carbocycles. The summed E-state index contributed by atoms with van der Waals surface area (Å²) in [5, 5.41) is 0. The van der Waals surface area contributed by atoms with Crippen LogP contribution in [0.3, 0.4) is 0 Å². The summed E-state index contributed by atoms with van der Waals surface area (Å²) in [6.45, 7) is 1.65. The highest BCUT2D eigenvalue weighted by Crippen LogP contribution is 2.17. The van der Waals surface area contributed by atoms with E-state index in [1.807, 2.05) is 0 Å². The molecule has 0 amide bonds. The molecule has 0 N–H and O–H groups in total. The monoisotopic (exact) mass is 187 g/mol. The summed E-state index contributed by atoms with van der Waals surface area (Å²) in [5.41, 5.74) is 0.608. The Hall–Kier alpha value is -1.07. The highest BCUT2D eigenvalue weighted by molar-refractivity contribution is 7.81. The highest BCUT2D eigenvalue weighted by atomic mass is 32.3. The minimum absolute atomic E-state index is 0.0764. The molecule has 0 aliphatic rings. The second kappa shape index (κ2) is 3.12. The van der Waals surface area contributed by atoms with E-state index >= 15 is 0 Å². The van der Waals surface area contributed by atoms with Crippen molar-refractivity contribution in [3.63, 3.8) is 0 Å². The molecule has 0 saturated heterocycles. The molecule has 0 radical (unpaired) electrons. The molecule has 0 fully saturated rings. The Morgan fingerprint density at radius 2 is 1.92 bits per heavy atom. The van der Waals surface area contributed by atoms with Crippen LogP contribution in [-0.4, -0.2) is 13.0 Å². The number of aryl methyl sites for hydroxylation is 1. The molecule has 0 atom stereocenters. The second-order valence-corrected chi connectivity index (χ2v) is 3.24. The highest BCUT2D eigenvalue weighted by Gasteiger charge is 2.00. The van der Waals surface area contributed by atoms with E-state index in [2.05, 4.69) is 4.18 Å². The van der Waals surface area contributed by atoms with Crippen molar-refractivity contribution in [2.24, 2.45) is 0 Å². The fraction of sp³-hybridized carbons (Fsp3) is 0.143. The van der Waals surface area contributed by atoms with Gasteiger partial charge in [0.2, 0.25) is 0 Å². The minimum atomic E-state index is -4.65. The molecule has 4 nitrogen and oxygen atoms in total. The van der Waals surface area contributed by atoms with E-state index in [0.717, 1.165) is 0 Å². The Balaban J connectivity index is 2.98. The molecule has 0 saturated carbocycles.